The number of thioether (sulfide) groups is 1. The Bertz CT molecular complexity index is 450. The third-order valence-electron chi connectivity index (χ3n) is 4.39. The number of nitrogens with zero attached hydrogens (tertiary/aromatic N) is 1. The minimum Gasteiger partial charge on any atom is -0.342 e. The van der Waals surface area contributed by atoms with Crippen LogP contribution in [0.25, 0.3) is 0 Å². The fraction of sp³-hybridized carbons (Fsp3) is 0.611. The van der Waals surface area contributed by atoms with Gasteiger partial charge >= 0.3 is 0 Å². The van der Waals surface area contributed by atoms with Crippen LogP contribution in [-0.2, 0) is 4.79 Å². The van der Waals surface area contributed by atoms with Crippen LogP contribution >= 0.6 is 24.2 Å². The van der Waals surface area contributed by atoms with Gasteiger partial charge in [0.05, 0.1) is 0 Å². The van der Waals surface area contributed by atoms with Crippen LogP contribution in [-0.4, -0.2) is 43.2 Å². The summed E-state index contributed by atoms with van der Waals surface area (Å²) >= 11 is 1.78. The summed E-state index contributed by atoms with van der Waals surface area (Å²) in [5.74, 6) is 2.07. The van der Waals surface area contributed by atoms with Crippen LogP contribution in [0.3, 0.4) is 0 Å². The van der Waals surface area contributed by atoms with Crippen LogP contribution in [0.2, 0.25) is 0 Å². The van der Waals surface area contributed by atoms with E-state index >= 15 is 0 Å². The number of piperidine rings is 1. The second kappa shape index (κ2) is 11.0. The molecule has 0 saturated carbocycles. The number of carbonyl (C=O) groups excluding carboxylic acids is 1. The van der Waals surface area contributed by atoms with Gasteiger partial charge in [-0.2, -0.15) is 0 Å². The number of rotatable bonds is 7. The molecule has 1 aliphatic rings. The van der Waals surface area contributed by atoms with E-state index in [4.69, 9.17) is 0 Å². The van der Waals surface area contributed by atoms with Crippen LogP contribution in [0.4, 0.5) is 0 Å². The van der Waals surface area contributed by atoms with E-state index in [0.717, 1.165) is 44.1 Å². The van der Waals surface area contributed by atoms with Gasteiger partial charge in [-0.3, -0.25) is 4.79 Å². The Kier molecular flexibility index (Phi) is 9.68. The fourth-order valence-electron chi connectivity index (χ4n) is 2.91. The van der Waals surface area contributed by atoms with E-state index in [0.29, 0.717) is 5.91 Å². The van der Waals surface area contributed by atoms with Crippen LogP contribution in [0, 0.1) is 11.8 Å². The Morgan fingerprint density at radius 1 is 1.30 bits per heavy atom. The molecule has 5 heteroatoms. The highest BCUT2D eigenvalue weighted by Gasteiger charge is 2.25. The molecular weight excluding hydrogens is 328 g/mol. The zero-order valence-corrected chi connectivity index (χ0v) is 15.8. The lowest BCUT2D eigenvalue weighted by molar-refractivity contribution is -0.135. The summed E-state index contributed by atoms with van der Waals surface area (Å²) in [6, 6.07) is 10.3. The highest BCUT2D eigenvalue weighted by molar-refractivity contribution is 7.99. The van der Waals surface area contributed by atoms with Gasteiger partial charge in [0.1, 0.15) is 0 Å². The lowest BCUT2D eigenvalue weighted by Gasteiger charge is -2.33. The molecule has 1 aliphatic heterocycles. The molecule has 0 aliphatic carbocycles. The monoisotopic (exact) mass is 356 g/mol. The van der Waals surface area contributed by atoms with E-state index in [1.807, 2.05) is 25.2 Å². The normalized spacial score (nSPS) is 16.7. The minimum absolute atomic E-state index is 0. The van der Waals surface area contributed by atoms with Gasteiger partial charge in [-0.25, -0.2) is 0 Å². The highest BCUT2D eigenvalue weighted by atomic mass is 35.5. The number of nitrogens with one attached hydrogen (secondary N) is 1. The van der Waals surface area contributed by atoms with E-state index < -0.39 is 0 Å². The summed E-state index contributed by atoms with van der Waals surface area (Å²) in [5.41, 5.74) is 0. The maximum Gasteiger partial charge on any atom is 0.226 e. The number of carbonyl (C=O) groups is 1. The van der Waals surface area contributed by atoms with Crippen molar-refractivity contribution in [3.05, 3.63) is 30.3 Å². The third kappa shape index (κ3) is 6.74. The Morgan fingerprint density at radius 3 is 2.57 bits per heavy atom. The molecule has 1 atom stereocenters. The van der Waals surface area contributed by atoms with E-state index in [1.165, 1.54) is 11.3 Å². The predicted molar refractivity (Wildman–Crippen MR) is 101 cm³/mol. The second-order valence-corrected chi connectivity index (χ2v) is 7.28. The van der Waals surface area contributed by atoms with Gasteiger partial charge < -0.3 is 10.2 Å². The maximum absolute atomic E-state index is 12.5. The van der Waals surface area contributed by atoms with E-state index in [-0.39, 0.29) is 18.3 Å². The van der Waals surface area contributed by atoms with Crippen molar-refractivity contribution in [3.8, 4) is 0 Å². The van der Waals surface area contributed by atoms with Crippen molar-refractivity contribution in [2.24, 2.45) is 11.8 Å². The molecule has 1 heterocycles. The van der Waals surface area contributed by atoms with Crippen LogP contribution in [0.1, 0.15) is 26.2 Å². The van der Waals surface area contributed by atoms with Crippen molar-refractivity contribution in [2.45, 2.75) is 31.1 Å². The number of hydrogen-bond donors (Lipinski definition) is 1. The first-order valence-corrected chi connectivity index (χ1v) is 9.30. The average Bonchev–Trinajstić information content (AvgIpc) is 2.58. The summed E-state index contributed by atoms with van der Waals surface area (Å²) in [7, 11) is 2.00. The summed E-state index contributed by atoms with van der Waals surface area (Å²) < 4.78 is 0. The number of likely N-dealkylation sites (tertiary alicyclic amines) is 1. The standard InChI is InChI=1S/C18H28N2OS.ClH/c1-15(14-22-17-6-4-3-5-7-17)18(21)20-12-9-16(10-13-20)8-11-19-2;/h3-7,15-16,19H,8-14H2,1-2H3;1H. The van der Waals surface area contributed by atoms with Crippen molar-refractivity contribution in [3.63, 3.8) is 0 Å². The van der Waals surface area contributed by atoms with Gasteiger partial charge in [0.15, 0.2) is 0 Å². The molecule has 1 aromatic rings. The molecule has 1 aromatic carbocycles. The third-order valence-corrected chi connectivity index (χ3v) is 5.67. The molecule has 1 unspecified atom stereocenters. The van der Waals surface area contributed by atoms with E-state index in [1.54, 1.807) is 11.8 Å². The Morgan fingerprint density at radius 2 is 1.96 bits per heavy atom. The largest absolute Gasteiger partial charge is 0.342 e. The summed E-state index contributed by atoms with van der Waals surface area (Å²) in [6.45, 7) is 5.02. The van der Waals surface area contributed by atoms with Gasteiger partial charge in [-0.05, 0) is 50.9 Å². The first-order chi connectivity index (χ1) is 10.7. The predicted octanol–water partition coefficient (Wildman–Crippen LogP) is 3.68. The molecule has 1 N–H and O–H groups in total. The SMILES string of the molecule is CNCCC1CCN(C(=O)C(C)CSc2ccccc2)CC1.Cl. The van der Waals surface area contributed by atoms with Crippen molar-refractivity contribution >= 4 is 30.1 Å². The number of amides is 1. The zero-order valence-electron chi connectivity index (χ0n) is 14.2. The van der Waals surface area contributed by atoms with Gasteiger partial charge in [-0.1, -0.05) is 25.1 Å². The summed E-state index contributed by atoms with van der Waals surface area (Å²) in [4.78, 5) is 15.9. The lowest BCUT2D eigenvalue weighted by Crippen LogP contribution is -2.42. The molecule has 3 nitrogen and oxygen atoms in total. The molecule has 23 heavy (non-hydrogen) atoms. The van der Waals surface area contributed by atoms with Crippen molar-refractivity contribution in [1.82, 2.24) is 10.2 Å². The first kappa shape index (κ1) is 20.3. The Labute approximate surface area is 151 Å². The number of benzene rings is 1. The quantitative estimate of drug-likeness (QED) is 0.756. The van der Waals surface area contributed by atoms with Crippen LogP contribution < -0.4 is 5.32 Å². The smallest absolute Gasteiger partial charge is 0.226 e. The van der Waals surface area contributed by atoms with Gasteiger partial charge in [0.2, 0.25) is 5.91 Å². The maximum atomic E-state index is 12.5. The molecule has 130 valence electrons. The molecule has 1 saturated heterocycles. The second-order valence-electron chi connectivity index (χ2n) is 6.19. The van der Waals surface area contributed by atoms with Crippen molar-refractivity contribution < 1.29 is 4.79 Å². The van der Waals surface area contributed by atoms with E-state index in [9.17, 15) is 4.79 Å². The molecule has 1 amide bonds. The summed E-state index contributed by atoms with van der Waals surface area (Å²) in [5, 5.41) is 3.22. The average molecular weight is 357 g/mol. The fourth-order valence-corrected chi connectivity index (χ4v) is 3.85. The minimum atomic E-state index is 0. The molecular formula is C18H29ClN2OS. The molecule has 2 rings (SSSR count). The van der Waals surface area contributed by atoms with Gasteiger partial charge in [0, 0.05) is 29.7 Å². The molecule has 0 bridgehead atoms. The van der Waals surface area contributed by atoms with Crippen LogP contribution in [0.15, 0.2) is 35.2 Å². The van der Waals surface area contributed by atoms with Gasteiger partial charge in [-0.15, -0.1) is 24.2 Å². The number of hydrogen-bond acceptors (Lipinski definition) is 3. The van der Waals surface area contributed by atoms with Crippen molar-refractivity contribution in [2.75, 3.05) is 32.4 Å². The molecule has 0 spiro atoms. The first-order valence-electron chi connectivity index (χ1n) is 8.32. The van der Waals surface area contributed by atoms with Crippen LogP contribution in [0.5, 0.6) is 0 Å². The zero-order chi connectivity index (χ0) is 15.8. The van der Waals surface area contributed by atoms with Gasteiger partial charge in [0.25, 0.3) is 0 Å². The molecule has 0 aromatic heterocycles. The van der Waals surface area contributed by atoms with Crippen molar-refractivity contribution in [1.29, 1.82) is 0 Å². The highest BCUT2D eigenvalue weighted by Crippen LogP contribution is 2.24. The molecule has 1 fully saturated rings. The molecule has 0 radical (unpaired) electrons. The van der Waals surface area contributed by atoms with E-state index in [2.05, 4.69) is 29.3 Å². The Hall–Kier alpha value is -0.710. The Balaban J connectivity index is 0.00000264. The summed E-state index contributed by atoms with van der Waals surface area (Å²) in [6.07, 6.45) is 3.55. The lowest BCUT2D eigenvalue weighted by atomic mass is 9.93. The topological polar surface area (TPSA) is 32.3 Å². The number of halogens is 1.